The smallest absolute Gasteiger partial charge is 0.148 e. The van der Waals surface area contributed by atoms with Gasteiger partial charge in [-0.1, -0.05) is 41.4 Å². The molecule has 0 fully saturated rings. The SMILES string of the molecule is CNC(C)c1ccc(OCc2cccc(Cl)c2F)c(Cl)c1. The summed E-state index contributed by atoms with van der Waals surface area (Å²) >= 11 is 11.9. The Morgan fingerprint density at radius 2 is 1.95 bits per heavy atom. The van der Waals surface area contributed by atoms with E-state index in [1.54, 1.807) is 18.2 Å². The molecule has 2 aromatic carbocycles. The molecular formula is C16H16Cl2FNO. The molecule has 0 saturated carbocycles. The third kappa shape index (κ3) is 3.88. The lowest BCUT2D eigenvalue weighted by atomic mass is 10.1. The Bertz CT molecular complexity index is 634. The van der Waals surface area contributed by atoms with E-state index in [2.05, 4.69) is 5.32 Å². The maximum absolute atomic E-state index is 13.8. The molecule has 0 saturated heterocycles. The molecule has 1 N–H and O–H groups in total. The number of nitrogens with one attached hydrogen (secondary N) is 1. The van der Waals surface area contributed by atoms with Crippen molar-refractivity contribution in [3.63, 3.8) is 0 Å². The maximum atomic E-state index is 13.8. The van der Waals surface area contributed by atoms with E-state index in [-0.39, 0.29) is 17.7 Å². The standard InChI is InChI=1S/C16H16Cl2FNO/c1-10(20-2)11-6-7-15(14(18)8-11)21-9-12-4-3-5-13(17)16(12)19/h3-8,10,20H,9H2,1-2H3. The molecule has 5 heteroatoms. The van der Waals surface area contributed by atoms with Crippen LogP contribution in [0.4, 0.5) is 4.39 Å². The number of rotatable bonds is 5. The van der Waals surface area contributed by atoms with Gasteiger partial charge in [-0.2, -0.15) is 0 Å². The number of hydrogen-bond donors (Lipinski definition) is 1. The van der Waals surface area contributed by atoms with Crippen molar-refractivity contribution in [2.75, 3.05) is 7.05 Å². The van der Waals surface area contributed by atoms with Crippen LogP contribution in [-0.2, 0) is 6.61 Å². The molecule has 0 aliphatic rings. The molecular weight excluding hydrogens is 312 g/mol. The second-order valence-corrected chi connectivity index (χ2v) is 5.52. The number of halogens is 3. The Morgan fingerprint density at radius 3 is 2.62 bits per heavy atom. The van der Waals surface area contributed by atoms with E-state index in [0.717, 1.165) is 5.56 Å². The maximum Gasteiger partial charge on any atom is 0.148 e. The number of hydrogen-bond acceptors (Lipinski definition) is 2. The average Bonchev–Trinajstić information content (AvgIpc) is 2.49. The van der Waals surface area contributed by atoms with Crippen molar-refractivity contribution in [3.8, 4) is 5.75 Å². The van der Waals surface area contributed by atoms with Crippen molar-refractivity contribution in [1.29, 1.82) is 0 Å². The first kappa shape index (κ1) is 16.1. The Balaban J connectivity index is 2.12. The largest absolute Gasteiger partial charge is 0.487 e. The van der Waals surface area contributed by atoms with E-state index >= 15 is 0 Å². The molecule has 2 nitrogen and oxygen atoms in total. The molecule has 2 aromatic rings. The van der Waals surface area contributed by atoms with Gasteiger partial charge in [0.25, 0.3) is 0 Å². The molecule has 0 radical (unpaired) electrons. The van der Waals surface area contributed by atoms with Crippen LogP contribution in [0.25, 0.3) is 0 Å². The van der Waals surface area contributed by atoms with Gasteiger partial charge in [-0.05, 0) is 37.7 Å². The topological polar surface area (TPSA) is 21.3 Å². The molecule has 21 heavy (non-hydrogen) atoms. The van der Waals surface area contributed by atoms with Crippen molar-refractivity contribution in [3.05, 3.63) is 63.4 Å². The van der Waals surface area contributed by atoms with Gasteiger partial charge in [-0.15, -0.1) is 0 Å². The lowest BCUT2D eigenvalue weighted by Crippen LogP contribution is -2.12. The van der Waals surface area contributed by atoms with Crippen molar-refractivity contribution < 1.29 is 9.13 Å². The molecule has 0 amide bonds. The predicted octanol–water partition coefficient (Wildman–Crippen LogP) is 4.99. The predicted molar refractivity (Wildman–Crippen MR) is 84.7 cm³/mol. The van der Waals surface area contributed by atoms with E-state index in [4.69, 9.17) is 27.9 Å². The lowest BCUT2D eigenvalue weighted by molar-refractivity contribution is 0.300. The van der Waals surface area contributed by atoms with E-state index in [1.165, 1.54) is 6.07 Å². The number of ether oxygens (including phenoxy) is 1. The summed E-state index contributed by atoms with van der Waals surface area (Å²) in [5, 5.41) is 3.72. The minimum atomic E-state index is -0.462. The van der Waals surface area contributed by atoms with Gasteiger partial charge in [-0.25, -0.2) is 4.39 Å². The van der Waals surface area contributed by atoms with Crippen LogP contribution < -0.4 is 10.1 Å². The van der Waals surface area contributed by atoms with Crippen LogP contribution in [-0.4, -0.2) is 7.05 Å². The summed E-state index contributed by atoms with van der Waals surface area (Å²) in [4.78, 5) is 0. The third-order valence-corrected chi connectivity index (χ3v) is 3.89. The van der Waals surface area contributed by atoms with E-state index in [9.17, 15) is 4.39 Å². The van der Waals surface area contributed by atoms with E-state index in [1.807, 2.05) is 26.1 Å². The molecule has 112 valence electrons. The van der Waals surface area contributed by atoms with Gasteiger partial charge < -0.3 is 10.1 Å². The first-order valence-electron chi connectivity index (χ1n) is 6.55. The zero-order chi connectivity index (χ0) is 15.4. The van der Waals surface area contributed by atoms with Gasteiger partial charge in [-0.3, -0.25) is 0 Å². The summed E-state index contributed by atoms with van der Waals surface area (Å²) in [5.41, 5.74) is 1.45. The van der Waals surface area contributed by atoms with Crippen molar-refractivity contribution >= 4 is 23.2 Å². The summed E-state index contributed by atoms with van der Waals surface area (Å²) in [6.45, 7) is 2.11. The minimum Gasteiger partial charge on any atom is -0.487 e. The Labute approximate surface area is 133 Å². The number of benzene rings is 2. The van der Waals surface area contributed by atoms with Crippen molar-refractivity contribution in [2.45, 2.75) is 19.6 Å². The Morgan fingerprint density at radius 1 is 1.19 bits per heavy atom. The summed E-state index contributed by atoms with van der Waals surface area (Å²) in [5.74, 6) is 0.0545. The monoisotopic (exact) mass is 327 g/mol. The molecule has 0 spiro atoms. The van der Waals surface area contributed by atoms with Crippen LogP contribution in [0.1, 0.15) is 24.1 Å². The highest BCUT2D eigenvalue weighted by molar-refractivity contribution is 6.32. The summed E-state index contributed by atoms with van der Waals surface area (Å²) in [6.07, 6.45) is 0. The van der Waals surface area contributed by atoms with Gasteiger partial charge in [0.15, 0.2) is 0 Å². The molecule has 0 aliphatic carbocycles. The van der Waals surface area contributed by atoms with Crippen LogP contribution in [0.2, 0.25) is 10.0 Å². The summed E-state index contributed by atoms with van der Waals surface area (Å²) < 4.78 is 19.3. The quantitative estimate of drug-likeness (QED) is 0.835. The van der Waals surface area contributed by atoms with E-state index < -0.39 is 5.82 Å². The third-order valence-electron chi connectivity index (χ3n) is 3.30. The van der Waals surface area contributed by atoms with Gasteiger partial charge in [0, 0.05) is 11.6 Å². The van der Waals surface area contributed by atoms with Crippen LogP contribution in [0.5, 0.6) is 5.75 Å². The second-order valence-electron chi connectivity index (χ2n) is 4.70. The van der Waals surface area contributed by atoms with Crippen LogP contribution >= 0.6 is 23.2 Å². The van der Waals surface area contributed by atoms with Crippen molar-refractivity contribution in [1.82, 2.24) is 5.32 Å². The van der Waals surface area contributed by atoms with Crippen LogP contribution in [0.3, 0.4) is 0 Å². The van der Waals surface area contributed by atoms with Crippen LogP contribution in [0, 0.1) is 5.82 Å². The van der Waals surface area contributed by atoms with Gasteiger partial charge in [0.05, 0.1) is 10.0 Å². The summed E-state index contributed by atoms with van der Waals surface area (Å²) in [7, 11) is 1.88. The van der Waals surface area contributed by atoms with Gasteiger partial charge in [0.2, 0.25) is 0 Å². The zero-order valence-electron chi connectivity index (χ0n) is 11.8. The summed E-state index contributed by atoms with van der Waals surface area (Å²) in [6, 6.07) is 10.6. The van der Waals surface area contributed by atoms with Crippen LogP contribution in [0.15, 0.2) is 36.4 Å². The molecule has 0 aliphatic heterocycles. The fourth-order valence-corrected chi connectivity index (χ4v) is 2.32. The molecule has 0 heterocycles. The van der Waals surface area contributed by atoms with E-state index in [0.29, 0.717) is 16.3 Å². The molecule has 1 unspecified atom stereocenters. The highest BCUT2D eigenvalue weighted by atomic mass is 35.5. The fraction of sp³-hybridized carbons (Fsp3) is 0.250. The first-order valence-corrected chi connectivity index (χ1v) is 7.31. The first-order chi connectivity index (χ1) is 10.0. The molecule has 0 aromatic heterocycles. The highest BCUT2D eigenvalue weighted by Gasteiger charge is 2.10. The molecule has 1 atom stereocenters. The minimum absolute atomic E-state index is 0.0764. The van der Waals surface area contributed by atoms with Gasteiger partial charge >= 0.3 is 0 Å². The zero-order valence-corrected chi connectivity index (χ0v) is 13.3. The Kier molecular flexibility index (Phi) is 5.45. The average molecular weight is 328 g/mol. The Hall–Kier alpha value is -1.29. The fourth-order valence-electron chi connectivity index (χ4n) is 1.89. The molecule has 2 rings (SSSR count). The highest BCUT2D eigenvalue weighted by Crippen LogP contribution is 2.29. The van der Waals surface area contributed by atoms with Crippen molar-refractivity contribution in [2.24, 2.45) is 0 Å². The normalized spacial score (nSPS) is 12.2. The van der Waals surface area contributed by atoms with Gasteiger partial charge in [0.1, 0.15) is 18.2 Å². The second kappa shape index (κ2) is 7.12. The lowest BCUT2D eigenvalue weighted by Gasteiger charge is -2.14. The molecule has 0 bridgehead atoms.